The molecule has 1 heterocycles. The normalized spacial score (nSPS) is 21.4. The summed E-state index contributed by atoms with van der Waals surface area (Å²) in [6.07, 6.45) is 5.87. The highest BCUT2D eigenvalue weighted by Gasteiger charge is 2.27. The number of H-pyrrole nitrogens is 1. The molecule has 1 fully saturated rings. The van der Waals surface area contributed by atoms with Crippen LogP contribution >= 0.6 is 0 Å². The predicted octanol–water partition coefficient (Wildman–Crippen LogP) is 2.97. The number of carbonyl (C=O) groups is 1. The zero-order valence-corrected chi connectivity index (χ0v) is 13.1. The van der Waals surface area contributed by atoms with E-state index in [0.717, 1.165) is 61.1 Å². The van der Waals surface area contributed by atoms with Gasteiger partial charge in [-0.25, -0.2) is 4.98 Å². The molecule has 1 aromatic heterocycles. The van der Waals surface area contributed by atoms with Gasteiger partial charge in [-0.2, -0.15) is 0 Å². The molecule has 0 saturated heterocycles. The summed E-state index contributed by atoms with van der Waals surface area (Å²) in [6.45, 7) is 2.17. The van der Waals surface area contributed by atoms with E-state index in [2.05, 4.69) is 22.2 Å². The predicted molar refractivity (Wildman–Crippen MR) is 88.7 cm³/mol. The summed E-state index contributed by atoms with van der Waals surface area (Å²) in [5.74, 6) is 1.15. The summed E-state index contributed by atoms with van der Waals surface area (Å²) in [7, 11) is 0. The molecule has 3 rings (SSSR count). The number of nitrogens with two attached hydrogens (primary N) is 1. The Hall–Kier alpha value is -1.88. The van der Waals surface area contributed by atoms with Crippen LogP contribution < -0.4 is 11.1 Å². The third kappa shape index (κ3) is 3.30. The Morgan fingerprint density at radius 2 is 2.32 bits per heavy atom. The fourth-order valence-electron chi connectivity index (χ4n) is 3.10. The molecule has 22 heavy (non-hydrogen) atoms. The number of rotatable bonds is 5. The number of nitrogens with one attached hydrogen (secondary N) is 2. The van der Waals surface area contributed by atoms with Gasteiger partial charge in [0.25, 0.3) is 0 Å². The second-order valence-electron chi connectivity index (χ2n) is 6.28. The molecule has 0 spiro atoms. The third-order valence-electron chi connectivity index (χ3n) is 4.41. The first kappa shape index (κ1) is 15.0. The first-order valence-electron chi connectivity index (χ1n) is 8.21. The Morgan fingerprint density at radius 3 is 3.05 bits per heavy atom. The molecule has 1 aliphatic rings. The highest BCUT2D eigenvalue weighted by molar-refractivity contribution is 5.94. The number of nitrogens with zero attached hydrogens (tertiary/aromatic N) is 1. The van der Waals surface area contributed by atoms with Crippen LogP contribution in [0.4, 0.5) is 5.69 Å². The maximum absolute atomic E-state index is 12.3. The van der Waals surface area contributed by atoms with Gasteiger partial charge in [-0.15, -0.1) is 0 Å². The van der Waals surface area contributed by atoms with Gasteiger partial charge >= 0.3 is 0 Å². The van der Waals surface area contributed by atoms with Gasteiger partial charge in [-0.3, -0.25) is 4.79 Å². The molecule has 1 aromatic carbocycles. The molecule has 1 amide bonds. The van der Waals surface area contributed by atoms with Crippen molar-refractivity contribution in [3.8, 4) is 0 Å². The zero-order valence-electron chi connectivity index (χ0n) is 13.1. The van der Waals surface area contributed by atoms with Gasteiger partial charge in [0.05, 0.1) is 11.0 Å². The smallest absolute Gasteiger partial charge is 0.227 e. The van der Waals surface area contributed by atoms with Crippen molar-refractivity contribution in [2.75, 3.05) is 5.32 Å². The average molecular weight is 300 g/mol. The Kier molecular flexibility index (Phi) is 4.43. The summed E-state index contributed by atoms with van der Waals surface area (Å²) in [6, 6.07) is 6.01. The molecule has 5 heteroatoms. The molecule has 5 nitrogen and oxygen atoms in total. The lowest BCUT2D eigenvalue weighted by molar-refractivity contribution is -0.119. The SMILES string of the molecule is CCCCc1nc2ccc(NC(=O)C3CCC(N)C3)cc2[nH]1. The van der Waals surface area contributed by atoms with Crippen molar-refractivity contribution in [1.82, 2.24) is 9.97 Å². The van der Waals surface area contributed by atoms with Crippen molar-refractivity contribution in [3.63, 3.8) is 0 Å². The van der Waals surface area contributed by atoms with Gasteiger partial charge in [0.2, 0.25) is 5.91 Å². The van der Waals surface area contributed by atoms with Crippen LogP contribution in [0.2, 0.25) is 0 Å². The van der Waals surface area contributed by atoms with Crippen LogP contribution in [0.1, 0.15) is 44.9 Å². The van der Waals surface area contributed by atoms with Crippen LogP contribution in [0.15, 0.2) is 18.2 Å². The standard InChI is InChI=1S/C17H24N4O/c1-2-3-4-16-20-14-8-7-13(10-15(14)21-16)19-17(22)11-5-6-12(18)9-11/h7-8,10-12H,2-6,9,18H2,1H3,(H,19,22)(H,20,21). The first-order valence-corrected chi connectivity index (χ1v) is 8.21. The minimum Gasteiger partial charge on any atom is -0.342 e. The first-order chi connectivity index (χ1) is 10.7. The van der Waals surface area contributed by atoms with E-state index in [1.54, 1.807) is 0 Å². The van der Waals surface area contributed by atoms with Crippen molar-refractivity contribution in [3.05, 3.63) is 24.0 Å². The van der Waals surface area contributed by atoms with E-state index in [1.165, 1.54) is 0 Å². The van der Waals surface area contributed by atoms with Crippen LogP contribution in [-0.4, -0.2) is 21.9 Å². The number of amides is 1. The summed E-state index contributed by atoms with van der Waals surface area (Å²) < 4.78 is 0. The van der Waals surface area contributed by atoms with E-state index in [4.69, 9.17) is 5.73 Å². The molecular formula is C17H24N4O. The van der Waals surface area contributed by atoms with Gasteiger partial charge in [0.1, 0.15) is 5.82 Å². The van der Waals surface area contributed by atoms with Gasteiger partial charge < -0.3 is 16.0 Å². The topological polar surface area (TPSA) is 83.8 Å². The molecule has 0 aliphatic heterocycles. The summed E-state index contributed by atoms with van der Waals surface area (Å²) >= 11 is 0. The number of aryl methyl sites for hydroxylation is 1. The van der Waals surface area contributed by atoms with Gasteiger partial charge in [0, 0.05) is 24.1 Å². The molecule has 1 saturated carbocycles. The number of hydrogen-bond acceptors (Lipinski definition) is 3. The van der Waals surface area contributed by atoms with E-state index >= 15 is 0 Å². The molecule has 2 unspecified atom stereocenters. The summed E-state index contributed by atoms with van der Waals surface area (Å²) in [4.78, 5) is 20.2. The molecule has 2 atom stereocenters. The maximum atomic E-state index is 12.3. The molecule has 0 radical (unpaired) electrons. The monoisotopic (exact) mass is 300 g/mol. The lowest BCUT2D eigenvalue weighted by Crippen LogP contribution is -2.23. The molecule has 1 aliphatic carbocycles. The van der Waals surface area contributed by atoms with Crippen LogP contribution in [0, 0.1) is 5.92 Å². The van der Waals surface area contributed by atoms with E-state index < -0.39 is 0 Å². The highest BCUT2D eigenvalue weighted by atomic mass is 16.1. The minimum absolute atomic E-state index is 0.0487. The van der Waals surface area contributed by atoms with Crippen LogP contribution in [0.5, 0.6) is 0 Å². The molecular weight excluding hydrogens is 276 g/mol. The van der Waals surface area contributed by atoms with Crippen LogP contribution in [0.3, 0.4) is 0 Å². The molecule has 4 N–H and O–H groups in total. The van der Waals surface area contributed by atoms with Crippen molar-refractivity contribution in [1.29, 1.82) is 0 Å². The second kappa shape index (κ2) is 6.48. The van der Waals surface area contributed by atoms with Gasteiger partial charge in [-0.05, 0) is 43.9 Å². The largest absolute Gasteiger partial charge is 0.342 e. The van der Waals surface area contributed by atoms with Crippen molar-refractivity contribution >= 4 is 22.6 Å². The number of aromatic amines is 1. The Labute approximate surface area is 130 Å². The maximum Gasteiger partial charge on any atom is 0.227 e. The van der Waals surface area contributed by atoms with Crippen LogP contribution in [-0.2, 0) is 11.2 Å². The number of benzene rings is 1. The summed E-state index contributed by atoms with van der Waals surface area (Å²) in [5.41, 5.74) is 8.63. The van der Waals surface area contributed by atoms with Gasteiger partial charge in [0.15, 0.2) is 0 Å². The summed E-state index contributed by atoms with van der Waals surface area (Å²) in [5, 5.41) is 3.01. The Bertz CT molecular complexity index is 664. The third-order valence-corrected chi connectivity index (χ3v) is 4.41. The molecule has 118 valence electrons. The number of carbonyl (C=O) groups excluding carboxylic acids is 1. The highest BCUT2D eigenvalue weighted by Crippen LogP contribution is 2.26. The number of unbranched alkanes of at least 4 members (excludes halogenated alkanes) is 1. The number of fused-ring (bicyclic) bond motifs is 1. The van der Waals surface area contributed by atoms with E-state index in [9.17, 15) is 4.79 Å². The van der Waals surface area contributed by atoms with Crippen molar-refractivity contribution in [2.45, 2.75) is 51.5 Å². The molecule has 2 aromatic rings. The number of aromatic nitrogens is 2. The van der Waals surface area contributed by atoms with Crippen LogP contribution in [0.25, 0.3) is 11.0 Å². The minimum atomic E-state index is 0.0487. The second-order valence-corrected chi connectivity index (χ2v) is 6.28. The fourth-order valence-corrected chi connectivity index (χ4v) is 3.10. The number of hydrogen-bond donors (Lipinski definition) is 3. The van der Waals surface area contributed by atoms with E-state index in [0.29, 0.717) is 0 Å². The number of anilines is 1. The van der Waals surface area contributed by atoms with Crippen molar-refractivity contribution < 1.29 is 4.79 Å². The fraction of sp³-hybridized carbons (Fsp3) is 0.529. The number of imidazole rings is 1. The lowest BCUT2D eigenvalue weighted by atomic mass is 10.1. The zero-order chi connectivity index (χ0) is 15.5. The van der Waals surface area contributed by atoms with Gasteiger partial charge in [-0.1, -0.05) is 13.3 Å². The average Bonchev–Trinajstić information content (AvgIpc) is 3.10. The molecule has 0 bridgehead atoms. The Morgan fingerprint density at radius 1 is 1.45 bits per heavy atom. The quantitative estimate of drug-likeness (QED) is 0.793. The Balaban J connectivity index is 1.70. The van der Waals surface area contributed by atoms with E-state index in [1.807, 2.05) is 18.2 Å². The lowest BCUT2D eigenvalue weighted by Gasteiger charge is -2.10. The van der Waals surface area contributed by atoms with E-state index in [-0.39, 0.29) is 17.9 Å². The van der Waals surface area contributed by atoms with Crippen molar-refractivity contribution in [2.24, 2.45) is 11.7 Å².